The summed E-state index contributed by atoms with van der Waals surface area (Å²) in [6.45, 7) is 7.03. The van der Waals surface area contributed by atoms with E-state index in [0.717, 1.165) is 5.69 Å². The summed E-state index contributed by atoms with van der Waals surface area (Å²) in [7, 11) is -2.90. The van der Waals surface area contributed by atoms with Crippen molar-refractivity contribution in [2.75, 3.05) is 23.2 Å². The van der Waals surface area contributed by atoms with E-state index >= 15 is 0 Å². The molecule has 2 heterocycles. The van der Waals surface area contributed by atoms with Crippen molar-refractivity contribution in [3.8, 4) is 0 Å². The van der Waals surface area contributed by atoms with Crippen molar-refractivity contribution in [2.24, 2.45) is 5.92 Å². The van der Waals surface area contributed by atoms with E-state index in [-0.39, 0.29) is 28.9 Å². The Hall–Kier alpha value is -1.07. The first-order valence-electron chi connectivity index (χ1n) is 6.99. The van der Waals surface area contributed by atoms with Gasteiger partial charge < -0.3 is 0 Å². The van der Waals surface area contributed by atoms with E-state index in [0.29, 0.717) is 6.61 Å². The van der Waals surface area contributed by atoms with Crippen LogP contribution in [-0.2, 0) is 20.1 Å². The SMILES string of the molecule is CC(C)(C)c1ccc(N2OCC3CS(=O)(=O)CC32)cc1. The van der Waals surface area contributed by atoms with Gasteiger partial charge in [0.15, 0.2) is 9.84 Å². The number of sulfone groups is 1. The molecule has 4 nitrogen and oxygen atoms in total. The van der Waals surface area contributed by atoms with Crippen LogP contribution in [0, 0.1) is 5.92 Å². The van der Waals surface area contributed by atoms with E-state index in [2.05, 4.69) is 32.9 Å². The molecular weight excluding hydrogens is 274 g/mol. The van der Waals surface area contributed by atoms with Gasteiger partial charge in [-0.1, -0.05) is 32.9 Å². The molecule has 3 rings (SSSR count). The summed E-state index contributed by atoms with van der Waals surface area (Å²) in [6, 6.07) is 8.20. The first-order valence-corrected chi connectivity index (χ1v) is 8.81. The molecule has 2 aliphatic rings. The minimum absolute atomic E-state index is 0.0273. The highest BCUT2D eigenvalue weighted by Gasteiger charge is 2.46. The van der Waals surface area contributed by atoms with E-state index in [1.165, 1.54) is 5.56 Å². The minimum atomic E-state index is -2.90. The van der Waals surface area contributed by atoms with Crippen LogP contribution < -0.4 is 5.06 Å². The minimum Gasteiger partial charge on any atom is -0.273 e. The third kappa shape index (κ3) is 2.44. The largest absolute Gasteiger partial charge is 0.273 e. The van der Waals surface area contributed by atoms with Crippen LogP contribution in [0.2, 0.25) is 0 Å². The third-order valence-corrected chi connectivity index (χ3v) is 5.94. The predicted octanol–water partition coefficient (Wildman–Crippen LogP) is 2.15. The summed E-state index contributed by atoms with van der Waals surface area (Å²) in [5, 5.41) is 1.79. The fourth-order valence-corrected chi connectivity index (χ4v) is 5.00. The van der Waals surface area contributed by atoms with Crippen molar-refractivity contribution in [1.29, 1.82) is 0 Å². The van der Waals surface area contributed by atoms with Gasteiger partial charge in [-0.15, -0.1) is 0 Å². The molecule has 0 radical (unpaired) electrons. The molecule has 0 N–H and O–H groups in total. The first-order chi connectivity index (χ1) is 9.26. The van der Waals surface area contributed by atoms with Crippen LogP contribution >= 0.6 is 0 Å². The molecule has 1 aromatic rings. The number of rotatable bonds is 1. The molecule has 110 valence electrons. The van der Waals surface area contributed by atoms with Crippen LogP contribution in [0.4, 0.5) is 5.69 Å². The van der Waals surface area contributed by atoms with Gasteiger partial charge in [0.1, 0.15) is 0 Å². The monoisotopic (exact) mass is 295 g/mol. The maximum atomic E-state index is 11.7. The number of fused-ring (bicyclic) bond motifs is 1. The Morgan fingerprint density at radius 1 is 1.15 bits per heavy atom. The van der Waals surface area contributed by atoms with Crippen LogP contribution in [0.3, 0.4) is 0 Å². The van der Waals surface area contributed by atoms with Crippen molar-refractivity contribution in [2.45, 2.75) is 32.2 Å². The molecule has 2 saturated heterocycles. The van der Waals surface area contributed by atoms with Gasteiger partial charge >= 0.3 is 0 Å². The van der Waals surface area contributed by atoms with Crippen LogP contribution in [0.1, 0.15) is 26.3 Å². The topological polar surface area (TPSA) is 46.6 Å². The van der Waals surface area contributed by atoms with E-state index < -0.39 is 9.84 Å². The van der Waals surface area contributed by atoms with Crippen LogP contribution in [0.25, 0.3) is 0 Å². The predicted molar refractivity (Wildman–Crippen MR) is 79.5 cm³/mol. The molecule has 0 spiro atoms. The zero-order chi connectivity index (χ0) is 14.5. The molecule has 2 fully saturated rings. The molecule has 2 atom stereocenters. The van der Waals surface area contributed by atoms with E-state index in [9.17, 15) is 8.42 Å². The summed E-state index contributed by atoms with van der Waals surface area (Å²) in [4.78, 5) is 5.69. The molecule has 20 heavy (non-hydrogen) atoms. The highest BCUT2D eigenvalue weighted by molar-refractivity contribution is 7.91. The van der Waals surface area contributed by atoms with Crippen molar-refractivity contribution in [3.63, 3.8) is 0 Å². The Labute approximate surface area is 120 Å². The lowest BCUT2D eigenvalue weighted by Gasteiger charge is -2.25. The Morgan fingerprint density at radius 3 is 2.40 bits per heavy atom. The standard InChI is InChI=1S/C15H21NO3S/c1-15(2,3)12-4-6-13(7-5-12)16-14-10-20(17,18)9-11(14)8-19-16/h4-7,11,14H,8-10H2,1-3H3. The van der Waals surface area contributed by atoms with Gasteiger partial charge in [0.2, 0.25) is 0 Å². The van der Waals surface area contributed by atoms with Crippen molar-refractivity contribution in [1.82, 2.24) is 0 Å². The number of nitrogens with zero attached hydrogens (tertiary/aromatic N) is 1. The summed E-state index contributed by atoms with van der Waals surface area (Å²) >= 11 is 0. The van der Waals surface area contributed by atoms with E-state index in [1.54, 1.807) is 5.06 Å². The lowest BCUT2D eigenvalue weighted by molar-refractivity contribution is 0.154. The second-order valence-corrected chi connectivity index (χ2v) is 8.98. The lowest BCUT2D eigenvalue weighted by atomic mass is 9.87. The number of hydroxylamine groups is 1. The average Bonchev–Trinajstić information content (AvgIpc) is 2.83. The zero-order valence-electron chi connectivity index (χ0n) is 12.2. The fraction of sp³-hybridized carbons (Fsp3) is 0.600. The van der Waals surface area contributed by atoms with Gasteiger partial charge in [-0.05, 0) is 23.1 Å². The molecule has 0 bridgehead atoms. The van der Waals surface area contributed by atoms with Crippen molar-refractivity contribution >= 4 is 15.5 Å². The highest BCUT2D eigenvalue weighted by atomic mass is 32.2. The molecule has 1 aromatic carbocycles. The second-order valence-electron chi connectivity index (χ2n) is 6.82. The molecule has 0 aromatic heterocycles. The van der Waals surface area contributed by atoms with Crippen LogP contribution in [0.5, 0.6) is 0 Å². The second kappa shape index (κ2) is 4.46. The van der Waals surface area contributed by atoms with Gasteiger partial charge in [-0.2, -0.15) is 0 Å². The summed E-state index contributed by atoms with van der Waals surface area (Å²) in [5.41, 5.74) is 2.32. The van der Waals surface area contributed by atoms with Crippen molar-refractivity contribution in [3.05, 3.63) is 29.8 Å². The van der Waals surface area contributed by atoms with Crippen molar-refractivity contribution < 1.29 is 13.3 Å². The Balaban J connectivity index is 1.84. The Bertz CT molecular complexity index is 601. The van der Waals surface area contributed by atoms with Gasteiger partial charge in [-0.25, -0.2) is 13.5 Å². The number of anilines is 1. The average molecular weight is 295 g/mol. The van der Waals surface area contributed by atoms with Gasteiger partial charge in [0.05, 0.1) is 29.8 Å². The van der Waals surface area contributed by atoms with E-state index in [4.69, 9.17) is 4.84 Å². The van der Waals surface area contributed by atoms with E-state index in [1.807, 2.05) is 12.1 Å². The molecule has 0 saturated carbocycles. The quantitative estimate of drug-likeness (QED) is 0.796. The van der Waals surface area contributed by atoms with Gasteiger partial charge in [0.25, 0.3) is 0 Å². The molecule has 0 aliphatic carbocycles. The van der Waals surface area contributed by atoms with Crippen LogP contribution in [0.15, 0.2) is 24.3 Å². The number of hydrogen-bond acceptors (Lipinski definition) is 4. The molecule has 0 amide bonds. The van der Waals surface area contributed by atoms with Crippen LogP contribution in [-0.4, -0.2) is 32.6 Å². The molecular formula is C15H21NO3S. The summed E-state index contributed by atoms with van der Waals surface area (Å²) < 4.78 is 23.4. The molecule has 5 heteroatoms. The maximum Gasteiger partial charge on any atom is 0.152 e. The highest BCUT2D eigenvalue weighted by Crippen LogP contribution is 2.35. The molecule has 2 unspecified atom stereocenters. The number of benzene rings is 1. The lowest BCUT2D eigenvalue weighted by Crippen LogP contribution is -2.32. The van der Waals surface area contributed by atoms with Gasteiger partial charge in [0, 0.05) is 5.92 Å². The number of hydrogen-bond donors (Lipinski definition) is 0. The maximum absolute atomic E-state index is 11.7. The fourth-order valence-electron chi connectivity index (χ4n) is 2.97. The smallest absolute Gasteiger partial charge is 0.152 e. The molecule has 2 aliphatic heterocycles. The first kappa shape index (κ1) is 13.9. The third-order valence-electron chi connectivity index (χ3n) is 4.15. The van der Waals surface area contributed by atoms with Gasteiger partial charge in [-0.3, -0.25) is 4.84 Å². The zero-order valence-corrected chi connectivity index (χ0v) is 13.0. The Kier molecular flexibility index (Phi) is 3.10. The Morgan fingerprint density at radius 2 is 1.80 bits per heavy atom. The summed E-state index contributed by atoms with van der Waals surface area (Å²) in [6.07, 6.45) is 0. The normalized spacial score (nSPS) is 28.6. The summed E-state index contributed by atoms with van der Waals surface area (Å²) in [5.74, 6) is 0.578.